The van der Waals surface area contributed by atoms with Gasteiger partial charge in [0.2, 0.25) is 5.71 Å². The van der Waals surface area contributed by atoms with E-state index in [0.717, 1.165) is 50.1 Å². The Balaban J connectivity index is 1.83. The van der Waals surface area contributed by atoms with E-state index in [1.165, 1.54) is 0 Å². The minimum absolute atomic E-state index is 0.659. The maximum atomic E-state index is 6.21. The van der Waals surface area contributed by atoms with Gasteiger partial charge in [-0.15, -0.1) is 0 Å². The van der Waals surface area contributed by atoms with Gasteiger partial charge in [0.1, 0.15) is 5.56 Å². The summed E-state index contributed by atoms with van der Waals surface area (Å²) >= 11 is 0. The van der Waals surface area contributed by atoms with Crippen LogP contribution in [0.5, 0.6) is 0 Å². The molecule has 4 aromatic heterocycles. The molecule has 0 aliphatic rings. The van der Waals surface area contributed by atoms with Crippen molar-refractivity contribution < 1.29 is 13.4 Å². The highest BCUT2D eigenvalue weighted by molar-refractivity contribution is 6.08. The van der Waals surface area contributed by atoms with Crippen LogP contribution in [0.1, 0.15) is 5.56 Å². The predicted molar refractivity (Wildman–Crippen MR) is 104 cm³/mol. The fourth-order valence-electron chi connectivity index (χ4n) is 4.03. The lowest BCUT2D eigenvalue weighted by Gasteiger charge is -2.03. The van der Waals surface area contributed by atoms with Gasteiger partial charge in [0.05, 0.1) is 7.05 Å². The number of aryl methyl sites for hydroxylation is 2. The number of nitrogens with zero attached hydrogens (tertiary/aromatic N) is 3. The zero-order valence-corrected chi connectivity index (χ0v) is 14.9. The molecule has 130 valence electrons. The van der Waals surface area contributed by atoms with Gasteiger partial charge in [0, 0.05) is 17.0 Å². The molecule has 27 heavy (non-hydrogen) atoms. The van der Waals surface area contributed by atoms with Crippen molar-refractivity contribution in [2.75, 3.05) is 0 Å². The number of oxazole rings is 1. The first-order valence-corrected chi connectivity index (χ1v) is 8.88. The Hall–Kier alpha value is -3.60. The van der Waals surface area contributed by atoms with E-state index in [4.69, 9.17) is 8.83 Å². The average Bonchev–Trinajstić information content (AvgIpc) is 3.31. The molecule has 0 amide bonds. The molecular weight excluding hydrogens is 338 g/mol. The molecule has 0 N–H and O–H groups in total. The standard InChI is InChI=1S/C22H16N3O2/c1-13-9-10-14-15-6-5-11-23-21(15)27-20(14)19(13)22-24(2)12-18-25(22)16-7-3-4-8-17(16)26-18/h3-12H,1-2H3/q+1. The van der Waals surface area contributed by atoms with E-state index in [0.29, 0.717) is 5.71 Å². The van der Waals surface area contributed by atoms with E-state index >= 15 is 0 Å². The van der Waals surface area contributed by atoms with Crippen molar-refractivity contribution in [2.45, 2.75) is 6.92 Å². The number of fused-ring (bicyclic) bond motifs is 6. The number of benzene rings is 2. The fourth-order valence-corrected chi connectivity index (χ4v) is 4.03. The van der Waals surface area contributed by atoms with Crippen LogP contribution in [0.15, 0.2) is 69.8 Å². The van der Waals surface area contributed by atoms with Crippen LogP contribution in [0.25, 0.3) is 50.3 Å². The molecule has 0 aliphatic carbocycles. The topological polar surface area (TPSA) is 47.5 Å². The lowest BCUT2D eigenvalue weighted by atomic mass is 10.0. The fraction of sp³-hybridized carbons (Fsp3) is 0.0909. The highest BCUT2D eigenvalue weighted by Crippen LogP contribution is 2.37. The summed E-state index contributed by atoms with van der Waals surface area (Å²) in [5.41, 5.74) is 6.41. The maximum absolute atomic E-state index is 6.21. The summed E-state index contributed by atoms with van der Waals surface area (Å²) in [5.74, 6) is 1.03. The van der Waals surface area contributed by atoms with Crippen LogP contribution in [0, 0.1) is 6.92 Å². The second-order valence-corrected chi connectivity index (χ2v) is 6.90. The quantitative estimate of drug-likeness (QED) is 0.399. The third kappa shape index (κ3) is 1.83. The lowest BCUT2D eigenvalue weighted by Crippen LogP contribution is -2.28. The molecule has 6 aromatic rings. The van der Waals surface area contributed by atoms with E-state index in [1.54, 1.807) is 6.20 Å². The molecule has 0 atom stereocenters. The third-order valence-corrected chi connectivity index (χ3v) is 5.24. The molecule has 5 nitrogen and oxygen atoms in total. The lowest BCUT2D eigenvalue weighted by molar-refractivity contribution is -0.658. The van der Waals surface area contributed by atoms with Crippen LogP contribution < -0.4 is 4.57 Å². The van der Waals surface area contributed by atoms with Crippen LogP contribution >= 0.6 is 0 Å². The Morgan fingerprint density at radius 1 is 0.963 bits per heavy atom. The predicted octanol–water partition coefficient (Wildman–Crippen LogP) is 4.78. The zero-order chi connectivity index (χ0) is 18.1. The minimum Gasteiger partial charge on any atom is -0.437 e. The number of hydrogen-bond acceptors (Lipinski definition) is 3. The summed E-state index contributed by atoms with van der Waals surface area (Å²) in [6, 6.07) is 16.3. The van der Waals surface area contributed by atoms with E-state index in [9.17, 15) is 0 Å². The first-order chi connectivity index (χ1) is 13.2. The molecule has 5 heteroatoms. The van der Waals surface area contributed by atoms with Gasteiger partial charge >= 0.3 is 11.5 Å². The van der Waals surface area contributed by atoms with E-state index < -0.39 is 0 Å². The highest BCUT2D eigenvalue weighted by atomic mass is 16.3. The van der Waals surface area contributed by atoms with Crippen LogP contribution in [0.3, 0.4) is 0 Å². The second-order valence-electron chi connectivity index (χ2n) is 6.90. The smallest absolute Gasteiger partial charge is 0.336 e. The van der Waals surface area contributed by atoms with Gasteiger partial charge in [-0.25, -0.2) is 9.55 Å². The number of rotatable bonds is 1. The summed E-state index contributed by atoms with van der Waals surface area (Å²) in [7, 11) is 2.03. The first kappa shape index (κ1) is 14.6. The molecule has 0 spiro atoms. The average molecular weight is 354 g/mol. The van der Waals surface area contributed by atoms with E-state index in [1.807, 2.05) is 43.6 Å². The molecule has 0 fully saturated rings. The SMILES string of the molecule is Cc1ccc2c(oc3ncccc32)c1-c1n2c(c[n+]1C)oc1ccccc12. The molecular formula is C22H16N3O2+. The Morgan fingerprint density at radius 3 is 2.78 bits per heavy atom. The van der Waals surface area contributed by atoms with E-state index in [2.05, 4.69) is 39.1 Å². The van der Waals surface area contributed by atoms with Crippen LogP contribution in [0.4, 0.5) is 0 Å². The molecule has 4 heterocycles. The van der Waals surface area contributed by atoms with Gasteiger partial charge in [-0.3, -0.25) is 0 Å². The number of aromatic nitrogens is 3. The number of imidazole rings is 1. The Kier molecular flexibility index (Phi) is 2.68. The van der Waals surface area contributed by atoms with Crippen LogP contribution in [0.2, 0.25) is 0 Å². The number of furan rings is 1. The Labute approximate surface area is 154 Å². The summed E-state index contributed by atoms with van der Waals surface area (Å²) in [6.07, 6.45) is 3.77. The van der Waals surface area contributed by atoms with Crippen molar-refractivity contribution in [3.05, 3.63) is 66.5 Å². The largest absolute Gasteiger partial charge is 0.437 e. The first-order valence-electron chi connectivity index (χ1n) is 8.88. The number of hydrogen-bond donors (Lipinski definition) is 0. The van der Waals surface area contributed by atoms with E-state index in [-0.39, 0.29) is 0 Å². The van der Waals surface area contributed by atoms with Crippen LogP contribution in [-0.2, 0) is 7.05 Å². The van der Waals surface area contributed by atoms with Gasteiger partial charge < -0.3 is 8.83 Å². The molecule has 0 saturated carbocycles. The molecule has 6 rings (SSSR count). The highest BCUT2D eigenvalue weighted by Gasteiger charge is 2.28. The molecule has 0 aliphatic heterocycles. The van der Waals surface area contributed by atoms with Gasteiger partial charge in [-0.2, -0.15) is 4.40 Å². The summed E-state index contributed by atoms with van der Waals surface area (Å²) in [4.78, 5) is 4.40. The van der Waals surface area contributed by atoms with Gasteiger partial charge in [-0.1, -0.05) is 24.3 Å². The van der Waals surface area contributed by atoms with Crippen molar-refractivity contribution in [2.24, 2.45) is 7.05 Å². The molecule has 0 bridgehead atoms. The maximum Gasteiger partial charge on any atom is 0.336 e. The molecule has 2 aromatic carbocycles. The van der Waals surface area contributed by atoms with Gasteiger partial charge in [0.15, 0.2) is 22.9 Å². The molecule has 0 saturated heterocycles. The third-order valence-electron chi connectivity index (χ3n) is 5.24. The summed E-state index contributed by atoms with van der Waals surface area (Å²) in [6.45, 7) is 2.11. The zero-order valence-electron chi connectivity index (χ0n) is 14.9. The van der Waals surface area contributed by atoms with Gasteiger partial charge in [0.25, 0.3) is 0 Å². The summed E-state index contributed by atoms with van der Waals surface area (Å²) < 4.78 is 16.5. The van der Waals surface area contributed by atoms with Crippen molar-refractivity contribution in [1.82, 2.24) is 9.38 Å². The van der Waals surface area contributed by atoms with Crippen LogP contribution in [-0.4, -0.2) is 9.38 Å². The monoisotopic (exact) mass is 354 g/mol. The van der Waals surface area contributed by atoms with Crippen molar-refractivity contribution in [3.63, 3.8) is 0 Å². The Morgan fingerprint density at radius 2 is 1.85 bits per heavy atom. The number of pyridine rings is 1. The minimum atomic E-state index is 0.659. The van der Waals surface area contributed by atoms with Gasteiger partial charge in [-0.05, 0) is 36.8 Å². The van der Waals surface area contributed by atoms with Crippen molar-refractivity contribution in [3.8, 4) is 11.4 Å². The molecule has 0 radical (unpaired) electrons. The number of para-hydroxylation sites is 2. The summed E-state index contributed by atoms with van der Waals surface area (Å²) in [5, 5.41) is 2.10. The van der Waals surface area contributed by atoms with Crippen molar-refractivity contribution in [1.29, 1.82) is 0 Å². The second kappa shape index (κ2) is 4.98. The normalized spacial score (nSPS) is 12.1. The van der Waals surface area contributed by atoms with Crippen molar-refractivity contribution >= 4 is 38.9 Å². The Bertz CT molecular complexity index is 1500. The molecule has 0 unspecified atom stereocenters.